The zero-order valence-corrected chi connectivity index (χ0v) is 24.6. The third-order valence-electron chi connectivity index (χ3n) is 6.18. The van der Waals surface area contributed by atoms with Crippen LogP contribution in [-0.4, -0.2) is 44.3 Å². The molecule has 39 heavy (non-hydrogen) atoms. The van der Waals surface area contributed by atoms with Crippen LogP contribution in [0.4, 0.5) is 5.69 Å². The Balaban J connectivity index is 2.08. The third kappa shape index (κ3) is 7.53. The molecule has 0 saturated carbocycles. The second-order valence-corrected chi connectivity index (χ2v) is 11.8. The van der Waals surface area contributed by atoms with Crippen molar-refractivity contribution in [3.63, 3.8) is 0 Å². The molecule has 0 heterocycles. The summed E-state index contributed by atoms with van der Waals surface area (Å²) < 4.78 is 28.6. The smallest absolute Gasteiger partial charge is 0.264 e. The van der Waals surface area contributed by atoms with Gasteiger partial charge in [-0.25, -0.2) is 8.42 Å². The molecule has 0 spiro atoms. The van der Waals surface area contributed by atoms with Crippen LogP contribution in [0.5, 0.6) is 0 Å². The van der Waals surface area contributed by atoms with Gasteiger partial charge >= 0.3 is 0 Å². The maximum Gasteiger partial charge on any atom is 0.264 e. The van der Waals surface area contributed by atoms with Gasteiger partial charge in [-0.2, -0.15) is 0 Å². The van der Waals surface area contributed by atoms with Crippen molar-refractivity contribution < 1.29 is 18.0 Å². The number of aryl methyl sites for hydroxylation is 1. The van der Waals surface area contributed by atoms with Gasteiger partial charge in [0, 0.05) is 13.1 Å². The van der Waals surface area contributed by atoms with Crippen molar-refractivity contribution >= 4 is 50.7 Å². The van der Waals surface area contributed by atoms with Gasteiger partial charge in [0.05, 0.1) is 20.6 Å². The second-order valence-electron chi connectivity index (χ2n) is 9.12. The first kappa shape index (κ1) is 30.5. The minimum Gasteiger partial charge on any atom is -0.354 e. The van der Waals surface area contributed by atoms with E-state index in [1.807, 2.05) is 45.0 Å². The van der Waals surface area contributed by atoms with Crippen molar-refractivity contribution in [1.82, 2.24) is 10.2 Å². The molecule has 3 aromatic rings. The molecule has 208 valence electrons. The lowest BCUT2D eigenvalue weighted by atomic mass is 10.1. The van der Waals surface area contributed by atoms with E-state index in [9.17, 15) is 18.0 Å². The molecule has 0 aliphatic rings. The van der Waals surface area contributed by atoms with Gasteiger partial charge in [0.25, 0.3) is 10.0 Å². The molecule has 1 atom stereocenters. The summed E-state index contributed by atoms with van der Waals surface area (Å²) in [5.41, 5.74) is 1.89. The molecule has 0 aliphatic carbocycles. The van der Waals surface area contributed by atoms with Crippen molar-refractivity contribution in [2.24, 2.45) is 0 Å². The maximum absolute atomic E-state index is 14.0. The number of carbonyl (C=O) groups is 2. The van der Waals surface area contributed by atoms with Crippen LogP contribution in [0.25, 0.3) is 0 Å². The number of sulfonamides is 1. The average molecular weight is 591 g/mol. The molecule has 3 rings (SSSR count). The standard InChI is InChI=1S/C29H33Cl2N3O4S/c1-4-17-32-29(36)25(5-2)33(19-22-12-9-11-21(3)18-22)27(35)20-34(26-16-10-15-24(30)28(26)31)39(37,38)23-13-7-6-8-14-23/h6-16,18,25H,4-5,17,19-20H2,1-3H3,(H,32,36). The summed E-state index contributed by atoms with van der Waals surface area (Å²) >= 11 is 12.7. The third-order valence-corrected chi connectivity index (χ3v) is 8.76. The molecule has 0 saturated heterocycles. The van der Waals surface area contributed by atoms with E-state index in [0.29, 0.717) is 13.0 Å². The van der Waals surface area contributed by atoms with Crippen molar-refractivity contribution in [1.29, 1.82) is 0 Å². The van der Waals surface area contributed by atoms with E-state index < -0.39 is 28.5 Å². The predicted octanol–water partition coefficient (Wildman–Crippen LogP) is 5.83. The summed E-state index contributed by atoms with van der Waals surface area (Å²) in [6, 6.07) is 19.2. The minimum absolute atomic E-state index is 0.00411. The lowest BCUT2D eigenvalue weighted by Gasteiger charge is -2.33. The normalized spacial score (nSPS) is 12.0. The molecule has 0 fully saturated rings. The molecule has 10 heteroatoms. The van der Waals surface area contributed by atoms with Crippen LogP contribution in [0.15, 0.2) is 77.7 Å². The van der Waals surface area contributed by atoms with E-state index in [1.54, 1.807) is 24.3 Å². The van der Waals surface area contributed by atoms with Gasteiger partial charge in [-0.05, 0) is 49.6 Å². The summed E-state index contributed by atoms with van der Waals surface area (Å²) in [4.78, 5) is 28.6. The van der Waals surface area contributed by atoms with Crippen molar-refractivity contribution in [3.05, 3.63) is 94.0 Å². The number of carbonyl (C=O) groups excluding carboxylic acids is 2. The maximum atomic E-state index is 14.0. The fraction of sp³-hybridized carbons (Fsp3) is 0.310. The SMILES string of the molecule is CCCNC(=O)C(CC)N(Cc1cccc(C)c1)C(=O)CN(c1cccc(Cl)c1Cl)S(=O)(=O)c1ccccc1. The van der Waals surface area contributed by atoms with Crippen LogP contribution >= 0.6 is 23.2 Å². The Morgan fingerprint density at radius 3 is 2.28 bits per heavy atom. The minimum atomic E-state index is -4.23. The largest absolute Gasteiger partial charge is 0.354 e. The fourth-order valence-electron chi connectivity index (χ4n) is 4.21. The lowest BCUT2D eigenvalue weighted by molar-refractivity contribution is -0.140. The van der Waals surface area contributed by atoms with Gasteiger partial charge < -0.3 is 10.2 Å². The Hall–Kier alpha value is -3.07. The number of nitrogens with one attached hydrogen (secondary N) is 1. The van der Waals surface area contributed by atoms with Gasteiger partial charge in [0.15, 0.2) is 0 Å². The van der Waals surface area contributed by atoms with Crippen LogP contribution in [-0.2, 0) is 26.2 Å². The number of anilines is 1. The lowest BCUT2D eigenvalue weighted by Crippen LogP contribution is -2.52. The fourth-order valence-corrected chi connectivity index (χ4v) is 6.11. The zero-order chi connectivity index (χ0) is 28.6. The topological polar surface area (TPSA) is 86.8 Å². The van der Waals surface area contributed by atoms with Gasteiger partial charge in [0.1, 0.15) is 12.6 Å². The van der Waals surface area contributed by atoms with Crippen LogP contribution in [0.1, 0.15) is 37.8 Å². The number of amides is 2. The highest BCUT2D eigenvalue weighted by molar-refractivity contribution is 7.92. The van der Waals surface area contributed by atoms with E-state index in [1.165, 1.54) is 29.2 Å². The summed E-state index contributed by atoms with van der Waals surface area (Å²) in [5, 5.41) is 3.02. The molecule has 1 N–H and O–H groups in total. The molecular weight excluding hydrogens is 557 g/mol. The Morgan fingerprint density at radius 1 is 0.949 bits per heavy atom. The molecule has 3 aromatic carbocycles. The highest BCUT2D eigenvalue weighted by atomic mass is 35.5. The monoisotopic (exact) mass is 589 g/mol. The van der Waals surface area contributed by atoms with E-state index >= 15 is 0 Å². The molecule has 1 unspecified atom stereocenters. The number of halogens is 2. The first-order valence-corrected chi connectivity index (χ1v) is 14.9. The Labute approximate surface area is 240 Å². The number of rotatable bonds is 12. The van der Waals surface area contributed by atoms with Crippen molar-refractivity contribution in [2.45, 2.75) is 51.1 Å². The van der Waals surface area contributed by atoms with E-state index in [-0.39, 0.29) is 33.1 Å². The van der Waals surface area contributed by atoms with E-state index in [4.69, 9.17) is 23.2 Å². The van der Waals surface area contributed by atoms with Crippen LogP contribution < -0.4 is 9.62 Å². The highest BCUT2D eigenvalue weighted by Crippen LogP contribution is 2.35. The Kier molecular flexibility index (Phi) is 10.8. The molecule has 7 nitrogen and oxygen atoms in total. The molecular formula is C29H33Cl2N3O4S. The Morgan fingerprint density at radius 2 is 1.64 bits per heavy atom. The first-order chi connectivity index (χ1) is 18.6. The molecule has 0 aromatic heterocycles. The van der Waals surface area contributed by atoms with Gasteiger partial charge in [-0.1, -0.05) is 91.1 Å². The quantitative estimate of drug-likeness (QED) is 0.288. The summed E-state index contributed by atoms with van der Waals surface area (Å²) in [5.74, 6) is -0.843. The van der Waals surface area contributed by atoms with Crippen molar-refractivity contribution in [2.75, 3.05) is 17.4 Å². The Bertz CT molecular complexity index is 1400. The molecule has 0 bridgehead atoms. The number of hydrogen-bond acceptors (Lipinski definition) is 4. The van der Waals surface area contributed by atoms with Crippen LogP contribution in [0.3, 0.4) is 0 Å². The molecule has 0 aliphatic heterocycles. The predicted molar refractivity (Wildman–Crippen MR) is 157 cm³/mol. The number of nitrogens with zero attached hydrogens (tertiary/aromatic N) is 2. The summed E-state index contributed by atoms with van der Waals surface area (Å²) in [6.07, 6.45) is 1.08. The summed E-state index contributed by atoms with van der Waals surface area (Å²) in [7, 11) is -4.23. The summed E-state index contributed by atoms with van der Waals surface area (Å²) in [6.45, 7) is 5.71. The van der Waals surface area contributed by atoms with Gasteiger partial charge in [-0.3, -0.25) is 13.9 Å². The highest BCUT2D eigenvalue weighted by Gasteiger charge is 2.34. The molecule has 0 radical (unpaired) electrons. The molecule has 2 amide bonds. The average Bonchev–Trinajstić information content (AvgIpc) is 2.92. The zero-order valence-electron chi connectivity index (χ0n) is 22.2. The van der Waals surface area contributed by atoms with Crippen molar-refractivity contribution in [3.8, 4) is 0 Å². The van der Waals surface area contributed by atoms with Crippen LogP contribution in [0, 0.1) is 6.92 Å². The number of benzene rings is 3. The van der Waals surface area contributed by atoms with Gasteiger partial charge in [0.2, 0.25) is 11.8 Å². The van der Waals surface area contributed by atoms with E-state index in [0.717, 1.165) is 21.9 Å². The number of hydrogen-bond donors (Lipinski definition) is 1. The van der Waals surface area contributed by atoms with E-state index in [2.05, 4.69) is 5.32 Å². The van der Waals surface area contributed by atoms with Crippen LogP contribution in [0.2, 0.25) is 10.0 Å². The first-order valence-electron chi connectivity index (χ1n) is 12.7. The van der Waals surface area contributed by atoms with Gasteiger partial charge in [-0.15, -0.1) is 0 Å². The second kappa shape index (κ2) is 13.8.